The molecule has 0 saturated heterocycles. The standard InChI is InChI=1S/C10H17ClN2OS/c1-13(4-3-5-14-2)7-10-12-9(6-11)8-15-10/h8H,3-7H2,1-2H3. The summed E-state index contributed by atoms with van der Waals surface area (Å²) in [6.45, 7) is 2.74. The lowest BCUT2D eigenvalue weighted by molar-refractivity contribution is 0.178. The molecule has 0 unspecified atom stereocenters. The molecule has 0 aromatic carbocycles. The number of nitrogens with zero attached hydrogens (tertiary/aromatic N) is 2. The van der Waals surface area contributed by atoms with Crippen molar-refractivity contribution in [1.82, 2.24) is 9.88 Å². The van der Waals surface area contributed by atoms with E-state index in [1.165, 1.54) is 0 Å². The quantitative estimate of drug-likeness (QED) is 0.547. The lowest BCUT2D eigenvalue weighted by atomic mass is 10.4. The first kappa shape index (κ1) is 12.9. The van der Waals surface area contributed by atoms with Crippen LogP contribution < -0.4 is 0 Å². The first-order valence-electron chi connectivity index (χ1n) is 4.93. The maximum atomic E-state index is 5.69. The molecule has 86 valence electrons. The summed E-state index contributed by atoms with van der Waals surface area (Å²) in [6.07, 6.45) is 1.06. The Kier molecular flexibility index (Phi) is 6.17. The minimum atomic E-state index is 0.504. The molecule has 1 heterocycles. The van der Waals surface area contributed by atoms with Crippen molar-refractivity contribution >= 4 is 22.9 Å². The molecule has 0 spiro atoms. The van der Waals surface area contributed by atoms with E-state index in [1.54, 1.807) is 18.4 Å². The van der Waals surface area contributed by atoms with Crippen LogP contribution >= 0.6 is 22.9 Å². The van der Waals surface area contributed by atoms with Crippen molar-refractivity contribution < 1.29 is 4.74 Å². The highest BCUT2D eigenvalue weighted by atomic mass is 35.5. The van der Waals surface area contributed by atoms with E-state index in [-0.39, 0.29) is 0 Å². The first-order valence-corrected chi connectivity index (χ1v) is 6.34. The second-order valence-corrected chi connectivity index (χ2v) is 4.66. The van der Waals surface area contributed by atoms with E-state index in [0.29, 0.717) is 5.88 Å². The van der Waals surface area contributed by atoms with Crippen LogP contribution in [0.15, 0.2) is 5.38 Å². The predicted octanol–water partition coefficient (Wildman–Crippen LogP) is 2.35. The molecule has 0 radical (unpaired) electrons. The maximum Gasteiger partial charge on any atom is 0.107 e. The minimum Gasteiger partial charge on any atom is -0.385 e. The Morgan fingerprint density at radius 2 is 2.40 bits per heavy atom. The van der Waals surface area contributed by atoms with Gasteiger partial charge >= 0.3 is 0 Å². The van der Waals surface area contributed by atoms with Gasteiger partial charge in [0.1, 0.15) is 5.01 Å². The number of ether oxygens (including phenoxy) is 1. The molecule has 0 amide bonds. The minimum absolute atomic E-state index is 0.504. The van der Waals surface area contributed by atoms with Crippen LogP contribution in [0.25, 0.3) is 0 Å². The first-order chi connectivity index (χ1) is 7.26. The van der Waals surface area contributed by atoms with Crippen LogP contribution in [0.3, 0.4) is 0 Å². The maximum absolute atomic E-state index is 5.69. The molecule has 0 fully saturated rings. The van der Waals surface area contributed by atoms with Gasteiger partial charge < -0.3 is 4.74 Å². The zero-order valence-corrected chi connectivity index (χ0v) is 10.8. The van der Waals surface area contributed by atoms with Gasteiger partial charge in [0, 0.05) is 25.6 Å². The van der Waals surface area contributed by atoms with Gasteiger partial charge in [0.05, 0.1) is 18.1 Å². The van der Waals surface area contributed by atoms with Gasteiger partial charge in [0.15, 0.2) is 0 Å². The number of aromatic nitrogens is 1. The molecule has 0 aliphatic heterocycles. The number of alkyl halides is 1. The Labute approximate surface area is 100 Å². The summed E-state index contributed by atoms with van der Waals surface area (Å²) in [5.41, 5.74) is 0.974. The van der Waals surface area contributed by atoms with Crippen molar-refractivity contribution in [2.45, 2.75) is 18.8 Å². The normalized spacial score (nSPS) is 11.2. The zero-order chi connectivity index (χ0) is 11.1. The molecule has 15 heavy (non-hydrogen) atoms. The number of rotatable bonds is 7. The van der Waals surface area contributed by atoms with Crippen LogP contribution in [-0.4, -0.2) is 37.2 Å². The lowest BCUT2D eigenvalue weighted by Crippen LogP contribution is -2.20. The molecule has 3 nitrogen and oxygen atoms in total. The van der Waals surface area contributed by atoms with Crippen LogP contribution in [-0.2, 0) is 17.2 Å². The third-order valence-corrected chi connectivity index (χ3v) is 3.19. The van der Waals surface area contributed by atoms with Crippen molar-refractivity contribution in [3.05, 3.63) is 16.1 Å². The van der Waals surface area contributed by atoms with Gasteiger partial charge in [-0.1, -0.05) is 0 Å². The number of hydrogen-bond acceptors (Lipinski definition) is 4. The van der Waals surface area contributed by atoms with Crippen molar-refractivity contribution in [2.75, 3.05) is 27.3 Å². The largest absolute Gasteiger partial charge is 0.385 e. The summed E-state index contributed by atoms with van der Waals surface area (Å²) in [4.78, 5) is 6.66. The number of methoxy groups -OCH3 is 1. The average molecular weight is 249 g/mol. The second-order valence-electron chi connectivity index (χ2n) is 3.45. The van der Waals surface area contributed by atoms with Gasteiger partial charge in [-0.3, -0.25) is 4.90 Å². The Morgan fingerprint density at radius 3 is 3.00 bits per heavy atom. The molecule has 0 bridgehead atoms. The topological polar surface area (TPSA) is 25.4 Å². The van der Waals surface area contributed by atoms with Gasteiger partial charge in [-0.15, -0.1) is 22.9 Å². The molecule has 1 aromatic rings. The molecule has 0 aliphatic carbocycles. The Morgan fingerprint density at radius 1 is 1.60 bits per heavy atom. The van der Waals surface area contributed by atoms with E-state index in [2.05, 4.69) is 16.9 Å². The van der Waals surface area contributed by atoms with Crippen LogP contribution in [0, 0.1) is 0 Å². The van der Waals surface area contributed by atoms with Crippen LogP contribution in [0.2, 0.25) is 0 Å². The monoisotopic (exact) mass is 248 g/mol. The Balaban J connectivity index is 2.27. The average Bonchev–Trinajstić information content (AvgIpc) is 2.66. The molecule has 0 saturated carbocycles. The molecule has 0 atom stereocenters. The fourth-order valence-electron chi connectivity index (χ4n) is 1.27. The van der Waals surface area contributed by atoms with Gasteiger partial charge in [-0.05, 0) is 13.5 Å². The van der Waals surface area contributed by atoms with E-state index < -0.39 is 0 Å². The van der Waals surface area contributed by atoms with E-state index in [4.69, 9.17) is 16.3 Å². The third-order valence-electron chi connectivity index (χ3n) is 2.03. The molecular formula is C10H17ClN2OS. The summed E-state index contributed by atoms with van der Waals surface area (Å²) in [6, 6.07) is 0. The van der Waals surface area contributed by atoms with Crippen molar-refractivity contribution in [3.8, 4) is 0 Å². The molecule has 1 rings (SSSR count). The van der Waals surface area contributed by atoms with Gasteiger partial charge in [0.25, 0.3) is 0 Å². The highest BCUT2D eigenvalue weighted by Gasteiger charge is 2.04. The molecule has 1 aromatic heterocycles. The number of halogens is 1. The highest BCUT2D eigenvalue weighted by Crippen LogP contribution is 2.13. The van der Waals surface area contributed by atoms with Crippen molar-refractivity contribution in [3.63, 3.8) is 0 Å². The fourth-order valence-corrected chi connectivity index (χ4v) is 2.37. The Bertz CT molecular complexity index is 280. The highest BCUT2D eigenvalue weighted by molar-refractivity contribution is 7.09. The molecule has 0 N–H and O–H groups in total. The summed E-state index contributed by atoms with van der Waals surface area (Å²) in [5, 5.41) is 3.15. The van der Waals surface area contributed by atoms with Crippen LogP contribution in [0.4, 0.5) is 0 Å². The number of thiazole rings is 1. The summed E-state index contributed by atoms with van der Waals surface area (Å²) >= 11 is 7.37. The third kappa shape index (κ3) is 4.93. The van der Waals surface area contributed by atoms with E-state index in [9.17, 15) is 0 Å². The summed E-state index contributed by atoms with van der Waals surface area (Å²) in [7, 11) is 3.82. The van der Waals surface area contributed by atoms with E-state index in [1.807, 2.05) is 5.38 Å². The summed E-state index contributed by atoms with van der Waals surface area (Å²) in [5.74, 6) is 0.504. The van der Waals surface area contributed by atoms with E-state index in [0.717, 1.165) is 36.8 Å². The second kappa shape index (κ2) is 7.17. The van der Waals surface area contributed by atoms with E-state index >= 15 is 0 Å². The van der Waals surface area contributed by atoms with Gasteiger partial charge in [-0.2, -0.15) is 0 Å². The van der Waals surface area contributed by atoms with Crippen molar-refractivity contribution in [1.29, 1.82) is 0 Å². The van der Waals surface area contributed by atoms with Gasteiger partial charge in [-0.25, -0.2) is 4.98 Å². The fraction of sp³-hybridized carbons (Fsp3) is 0.700. The molecular weight excluding hydrogens is 232 g/mol. The van der Waals surface area contributed by atoms with Crippen LogP contribution in [0.5, 0.6) is 0 Å². The van der Waals surface area contributed by atoms with Crippen molar-refractivity contribution in [2.24, 2.45) is 0 Å². The van der Waals surface area contributed by atoms with Gasteiger partial charge in [0.2, 0.25) is 0 Å². The molecule has 0 aliphatic rings. The lowest BCUT2D eigenvalue weighted by Gasteiger charge is -2.14. The summed E-state index contributed by atoms with van der Waals surface area (Å²) < 4.78 is 5.01. The SMILES string of the molecule is COCCCN(C)Cc1nc(CCl)cs1. The van der Waals surface area contributed by atoms with Crippen LogP contribution in [0.1, 0.15) is 17.1 Å². The Hall–Kier alpha value is -0.160. The smallest absolute Gasteiger partial charge is 0.107 e. The predicted molar refractivity (Wildman–Crippen MR) is 64.5 cm³/mol. The molecule has 5 heteroatoms. The number of hydrogen-bond donors (Lipinski definition) is 0. The zero-order valence-electron chi connectivity index (χ0n) is 9.20.